The van der Waals surface area contributed by atoms with Gasteiger partial charge >= 0.3 is 0 Å². The predicted molar refractivity (Wildman–Crippen MR) is 101 cm³/mol. The Labute approximate surface area is 152 Å². The average Bonchev–Trinajstić information content (AvgIpc) is 3.22. The second kappa shape index (κ2) is 6.61. The van der Waals surface area contributed by atoms with Crippen LogP contribution >= 0.6 is 0 Å². The number of carbonyl (C=O) groups excluding carboxylic acids is 1. The third kappa shape index (κ3) is 3.01. The molecule has 0 aliphatic carbocycles. The second-order valence-corrected chi connectivity index (χ2v) is 7.35. The molecule has 6 heteroatoms. The van der Waals surface area contributed by atoms with E-state index < -0.39 is 0 Å². The molecule has 2 unspecified atom stereocenters. The summed E-state index contributed by atoms with van der Waals surface area (Å²) in [5, 5.41) is 11.4. The van der Waals surface area contributed by atoms with Crippen molar-refractivity contribution in [2.45, 2.75) is 43.8 Å². The van der Waals surface area contributed by atoms with Crippen molar-refractivity contribution in [2.75, 3.05) is 12.8 Å². The van der Waals surface area contributed by atoms with Crippen molar-refractivity contribution in [2.24, 2.45) is 0 Å². The summed E-state index contributed by atoms with van der Waals surface area (Å²) < 4.78 is 5.40. The third-order valence-corrected chi connectivity index (χ3v) is 5.79. The first-order chi connectivity index (χ1) is 12.5. The van der Waals surface area contributed by atoms with Gasteiger partial charge in [0.15, 0.2) is 0 Å². The van der Waals surface area contributed by atoms with Crippen LogP contribution in [0.15, 0.2) is 41.0 Å². The topological polar surface area (TPSA) is 95.4 Å². The Balaban J connectivity index is 1.49. The van der Waals surface area contributed by atoms with Gasteiger partial charge in [0.2, 0.25) is 0 Å². The number of fused-ring (bicyclic) bond motifs is 2. The molecule has 26 heavy (non-hydrogen) atoms. The first-order valence-corrected chi connectivity index (χ1v) is 9.08. The first kappa shape index (κ1) is 16.8. The van der Waals surface area contributed by atoms with Gasteiger partial charge in [0.05, 0.1) is 6.26 Å². The molecule has 2 aliphatic heterocycles. The highest BCUT2D eigenvalue weighted by atomic mass is 16.3. The molecule has 2 aliphatic rings. The molecule has 6 nitrogen and oxygen atoms in total. The average molecular weight is 352 g/mol. The van der Waals surface area contributed by atoms with E-state index in [1.807, 2.05) is 12.1 Å². The number of hydrogen-bond donors (Lipinski definition) is 3. The number of anilines is 1. The number of nitrogen functional groups attached to an aromatic ring is 1. The summed E-state index contributed by atoms with van der Waals surface area (Å²) in [6.07, 6.45) is 5.89. The van der Waals surface area contributed by atoms with E-state index >= 15 is 0 Å². The van der Waals surface area contributed by atoms with Gasteiger partial charge in [-0.2, -0.15) is 0 Å². The maximum atomic E-state index is 12.6. The summed E-state index contributed by atoms with van der Waals surface area (Å²) in [5.74, 6) is 0.327. The monoisotopic (exact) mass is 352 g/mol. The van der Waals surface area contributed by atoms with Crippen LogP contribution in [-0.4, -0.2) is 41.7 Å². The number of hydrogen-bond acceptors (Lipinski definition) is 5. The minimum absolute atomic E-state index is 0.0952. The zero-order chi connectivity index (χ0) is 18.3. The summed E-state index contributed by atoms with van der Waals surface area (Å²) in [7, 11) is 2.17. The van der Waals surface area contributed by atoms with E-state index in [0.29, 0.717) is 29.1 Å². The lowest BCUT2D eigenvalue weighted by Crippen LogP contribution is -2.50. The smallest absolute Gasteiger partial charge is 0.270 e. The number of rotatable bonds is 4. The summed E-state index contributed by atoms with van der Waals surface area (Å²) in [5.41, 5.74) is 7.59. The van der Waals surface area contributed by atoms with Crippen LogP contribution in [0.5, 0.6) is 0 Å². The quantitative estimate of drug-likeness (QED) is 0.582. The van der Waals surface area contributed by atoms with E-state index in [0.717, 1.165) is 18.4 Å². The van der Waals surface area contributed by atoms with E-state index in [4.69, 9.17) is 15.6 Å². The van der Waals surface area contributed by atoms with Gasteiger partial charge in [0.25, 0.3) is 5.91 Å². The zero-order valence-electron chi connectivity index (χ0n) is 14.9. The molecule has 2 fully saturated rings. The lowest BCUT2D eigenvalue weighted by Gasteiger charge is -2.36. The Morgan fingerprint density at radius 3 is 2.65 bits per heavy atom. The van der Waals surface area contributed by atoms with Crippen molar-refractivity contribution >= 4 is 17.3 Å². The number of nitrogens with zero attached hydrogens (tertiary/aromatic N) is 1. The van der Waals surface area contributed by atoms with Gasteiger partial charge < -0.3 is 20.4 Å². The van der Waals surface area contributed by atoms with E-state index in [9.17, 15) is 4.79 Å². The lowest BCUT2D eigenvalue weighted by atomic mass is 9.97. The number of amides is 1. The van der Waals surface area contributed by atoms with E-state index in [-0.39, 0.29) is 17.7 Å². The van der Waals surface area contributed by atoms with Crippen LogP contribution in [0.25, 0.3) is 11.3 Å². The van der Waals surface area contributed by atoms with Crippen molar-refractivity contribution in [3.63, 3.8) is 0 Å². The fraction of sp³-hybridized carbons (Fsp3) is 0.400. The molecule has 0 radical (unpaired) electrons. The Morgan fingerprint density at radius 2 is 2.00 bits per heavy atom. The van der Waals surface area contributed by atoms with Crippen molar-refractivity contribution in [1.29, 1.82) is 5.41 Å². The van der Waals surface area contributed by atoms with Gasteiger partial charge in [-0.3, -0.25) is 10.2 Å². The van der Waals surface area contributed by atoms with Gasteiger partial charge in [0, 0.05) is 34.9 Å². The van der Waals surface area contributed by atoms with Gasteiger partial charge in [-0.05, 0) is 63.1 Å². The Morgan fingerprint density at radius 1 is 1.27 bits per heavy atom. The molecule has 4 rings (SSSR count). The maximum absolute atomic E-state index is 12.6. The van der Waals surface area contributed by atoms with Crippen LogP contribution < -0.4 is 11.1 Å². The molecule has 2 bridgehead atoms. The van der Waals surface area contributed by atoms with Crippen molar-refractivity contribution in [3.05, 3.63) is 42.2 Å². The van der Waals surface area contributed by atoms with Gasteiger partial charge in [0.1, 0.15) is 11.5 Å². The second-order valence-electron chi connectivity index (χ2n) is 7.35. The molecule has 0 spiro atoms. The molecule has 3 heterocycles. The molecule has 136 valence electrons. The molecule has 1 aromatic carbocycles. The minimum atomic E-state index is -0.359. The number of carbonyl (C=O) groups is 1. The molecule has 2 saturated heterocycles. The number of nitrogens with one attached hydrogen (secondary N) is 2. The normalized spacial score (nSPS) is 25.2. The Kier molecular flexibility index (Phi) is 4.28. The molecule has 2 aromatic rings. The zero-order valence-corrected chi connectivity index (χ0v) is 14.9. The summed E-state index contributed by atoms with van der Waals surface area (Å²) in [6, 6.07) is 10.1. The minimum Gasteiger partial charge on any atom is -0.464 e. The number of benzene rings is 1. The van der Waals surface area contributed by atoms with Crippen molar-refractivity contribution < 1.29 is 9.21 Å². The van der Waals surface area contributed by atoms with E-state index in [1.54, 1.807) is 24.5 Å². The van der Waals surface area contributed by atoms with Gasteiger partial charge in [-0.25, -0.2) is 0 Å². The molecule has 4 N–H and O–H groups in total. The van der Waals surface area contributed by atoms with Crippen LogP contribution in [0.2, 0.25) is 0 Å². The highest BCUT2D eigenvalue weighted by Gasteiger charge is 2.39. The molecule has 1 amide bonds. The maximum Gasteiger partial charge on any atom is 0.270 e. The molecule has 1 aromatic heterocycles. The predicted octanol–water partition coefficient (Wildman–Crippen LogP) is 2.64. The number of piperidine rings is 1. The van der Waals surface area contributed by atoms with Gasteiger partial charge in [-0.1, -0.05) is 0 Å². The SMILES string of the molecule is CN1C2CCC1CC(NC(=O)C(=N)c1cc(-c3ccco3)ccc1N)C2. The largest absolute Gasteiger partial charge is 0.464 e. The number of nitrogens with two attached hydrogens (primary N) is 1. The fourth-order valence-corrected chi connectivity index (χ4v) is 4.28. The first-order valence-electron chi connectivity index (χ1n) is 9.08. The van der Waals surface area contributed by atoms with E-state index in [1.165, 1.54) is 12.8 Å². The lowest BCUT2D eigenvalue weighted by molar-refractivity contribution is -0.115. The molecule has 2 atom stereocenters. The number of furan rings is 1. The summed E-state index contributed by atoms with van der Waals surface area (Å²) in [4.78, 5) is 15.1. The Hall–Kier alpha value is -2.60. The van der Waals surface area contributed by atoms with Crippen LogP contribution in [0, 0.1) is 5.41 Å². The molecule has 0 saturated carbocycles. The van der Waals surface area contributed by atoms with E-state index in [2.05, 4.69) is 17.3 Å². The highest BCUT2D eigenvalue weighted by molar-refractivity contribution is 6.45. The summed E-state index contributed by atoms with van der Waals surface area (Å²) >= 11 is 0. The van der Waals surface area contributed by atoms with Gasteiger partial charge in [-0.15, -0.1) is 0 Å². The standard InChI is InChI=1S/C20H24N4O2/c1-24-14-5-6-15(24)11-13(10-14)23-20(25)19(22)16-9-12(4-7-17(16)21)18-3-2-8-26-18/h2-4,7-9,13-15,22H,5-6,10-11,21H2,1H3,(H,23,25). The highest BCUT2D eigenvalue weighted by Crippen LogP contribution is 2.34. The summed E-state index contributed by atoms with van der Waals surface area (Å²) in [6.45, 7) is 0. The van der Waals surface area contributed by atoms with Crippen LogP contribution in [-0.2, 0) is 4.79 Å². The Bertz CT molecular complexity index is 816. The van der Waals surface area contributed by atoms with Crippen LogP contribution in [0.4, 0.5) is 5.69 Å². The van der Waals surface area contributed by atoms with Crippen LogP contribution in [0.3, 0.4) is 0 Å². The molecular weight excluding hydrogens is 328 g/mol. The van der Waals surface area contributed by atoms with Crippen molar-refractivity contribution in [1.82, 2.24) is 10.2 Å². The third-order valence-electron chi connectivity index (χ3n) is 5.79. The van der Waals surface area contributed by atoms with Crippen molar-refractivity contribution in [3.8, 4) is 11.3 Å². The van der Waals surface area contributed by atoms with Crippen LogP contribution in [0.1, 0.15) is 31.2 Å². The fourth-order valence-electron chi connectivity index (χ4n) is 4.28. The molecular formula is C20H24N4O2.